The summed E-state index contributed by atoms with van der Waals surface area (Å²) in [4.78, 5) is 8.29. The standard InChI is InChI=1S/C11H18ClN3S/c1-7(2)9-10(12)13-6-14-11(9)15-8(3)5-16-4/h6-8H,5H2,1-4H3,(H,13,14,15). The zero-order valence-corrected chi connectivity index (χ0v) is 11.7. The summed E-state index contributed by atoms with van der Waals surface area (Å²) in [5.41, 5.74) is 0.997. The van der Waals surface area contributed by atoms with E-state index in [0.29, 0.717) is 17.1 Å². The Hall–Kier alpha value is -0.480. The van der Waals surface area contributed by atoms with E-state index in [1.54, 1.807) is 0 Å². The summed E-state index contributed by atoms with van der Waals surface area (Å²) in [5.74, 6) is 2.22. The third-order valence-electron chi connectivity index (χ3n) is 2.21. The minimum absolute atomic E-state index is 0.317. The number of hydrogen-bond donors (Lipinski definition) is 1. The van der Waals surface area contributed by atoms with Crippen LogP contribution < -0.4 is 5.32 Å². The second-order valence-corrected chi connectivity index (χ2v) is 5.35. The summed E-state index contributed by atoms with van der Waals surface area (Å²) in [6, 6.07) is 0.374. The molecule has 1 unspecified atom stereocenters. The molecule has 0 saturated carbocycles. The third-order valence-corrected chi connectivity index (χ3v) is 3.35. The van der Waals surface area contributed by atoms with E-state index in [1.165, 1.54) is 6.33 Å². The minimum Gasteiger partial charge on any atom is -0.366 e. The van der Waals surface area contributed by atoms with Crippen LogP contribution in [-0.2, 0) is 0 Å². The van der Waals surface area contributed by atoms with Gasteiger partial charge in [-0.3, -0.25) is 0 Å². The summed E-state index contributed by atoms with van der Waals surface area (Å²) in [6.45, 7) is 6.32. The average molecular weight is 260 g/mol. The van der Waals surface area contributed by atoms with E-state index < -0.39 is 0 Å². The first-order valence-electron chi connectivity index (χ1n) is 5.32. The Kier molecular flexibility index (Phi) is 5.35. The molecule has 0 bridgehead atoms. The van der Waals surface area contributed by atoms with E-state index in [2.05, 4.69) is 42.3 Å². The maximum Gasteiger partial charge on any atom is 0.138 e. The Morgan fingerprint density at radius 2 is 2.06 bits per heavy atom. The van der Waals surface area contributed by atoms with E-state index in [1.807, 2.05) is 11.8 Å². The molecule has 90 valence electrons. The van der Waals surface area contributed by atoms with E-state index in [-0.39, 0.29) is 0 Å². The van der Waals surface area contributed by atoms with Crippen molar-refractivity contribution in [2.75, 3.05) is 17.3 Å². The van der Waals surface area contributed by atoms with Gasteiger partial charge in [-0.15, -0.1) is 0 Å². The van der Waals surface area contributed by atoms with Crippen LogP contribution in [0.1, 0.15) is 32.3 Å². The average Bonchev–Trinajstić information content (AvgIpc) is 2.17. The van der Waals surface area contributed by atoms with Gasteiger partial charge in [0.2, 0.25) is 0 Å². The highest BCUT2D eigenvalue weighted by Crippen LogP contribution is 2.28. The summed E-state index contributed by atoms with van der Waals surface area (Å²) < 4.78 is 0. The molecule has 1 aromatic heterocycles. The van der Waals surface area contributed by atoms with Gasteiger partial charge in [-0.2, -0.15) is 11.8 Å². The lowest BCUT2D eigenvalue weighted by Crippen LogP contribution is -2.20. The van der Waals surface area contributed by atoms with Gasteiger partial charge in [0.25, 0.3) is 0 Å². The maximum absolute atomic E-state index is 6.09. The molecule has 1 N–H and O–H groups in total. The maximum atomic E-state index is 6.09. The number of anilines is 1. The van der Waals surface area contributed by atoms with Crippen molar-refractivity contribution in [2.24, 2.45) is 0 Å². The van der Waals surface area contributed by atoms with Crippen molar-refractivity contribution in [1.82, 2.24) is 9.97 Å². The topological polar surface area (TPSA) is 37.8 Å². The van der Waals surface area contributed by atoms with Crippen LogP contribution in [0.2, 0.25) is 5.15 Å². The highest BCUT2D eigenvalue weighted by Gasteiger charge is 2.14. The molecule has 0 aliphatic heterocycles. The van der Waals surface area contributed by atoms with Crippen molar-refractivity contribution in [1.29, 1.82) is 0 Å². The zero-order valence-electron chi connectivity index (χ0n) is 10.1. The van der Waals surface area contributed by atoms with Crippen LogP contribution in [0.5, 0.6) is 0 Å². The minimum atomic E-state index is 0.317. The number of nitrogens with zero attached hydrogens (tertiary/aromatic N) is 2. The number of hydrogen-bond acceptors (Lipinski definition) is 4. The normalized spacial score (nSPS) is 12.9. The van der Waals surface area contributed by atoms with Gasteiger partial charge in [0.05, 0.1) is 0 Å². The first-order valence-corrected chi connectivity index (χ1v) is 7.09. The quantitative estimate of drug-likeness (QED) is 0.823. The molecule has 1 aromatic rings. The van der Waals surface area contributed by atoms with E-state index >= 15 is 0 Å². The second kappa shape index (κ2) is 6.30. The molecule has 0 spiro atoms. The van der Waals surface area contributed by atoms with Crippen molar-refractivity contribution >= 4 is 29.2 Å². The molecule has 0 aromatic carbocycles. The monoisotopic (exact) mass is 259 g/mol. The lowest BCUT2D eigenvalue weighted by atomic mass is 10.1. The largest absolute Gasteiger partial charge is 0.366 e. The fourth-order valence-corrected chi connectivity index (χ4v) is 2.46. The Balaban J connectivity index is 2.90. The molecular formula is C11H18ClN3S. The first kappa shape index (κ1) is 13.6. The van der Waals surface area contributed by atoms with Crippen LogP contribution in [0.15, 0.2) is 6.33 Å². The van der Waals surface area contributed by atoms with E-state index in [9.17, 15) is 0 Å². The van der Waals surface area contributed by atoms with Gasteiger partial charge in [0, 0.05) is 17.4 Å². The lowest BCUT2D eigenvalue weighted by Gasteiger charge is -2.18. The molecule has 1 rings (SSSR count). The van der Waals surface area contributed by atoms with Crippen LogP contribution in [0.4, 0.5) is 5.82 Å². The van der Waals surface area contributed by atoms with Gasteiger partial charge >= 0.3 is 0 Å². The van der Waals surface area contributed by atoms with Crippen LogP contribution in [-0.4, -0.2) is 28.0 Å². The molecule has 0 aliphatic rings. The van der Waals surface area contributed by atoms with Crippen LogP contribution in [0.3, 0.4) is 0 Å². The molecule has 0 amide bonds. The van der Waals surface area contributed by atoms with Gasteiger partial charge in [0.1, 0.15) is 17.3 Å². The third kappa shape index (κ3) is 3.52. The van der Waals surface area contributed by atoms with Gasteiger partial charge in [-0.1, -0.05) is 25.4 Å². The molecule has 0 fully saturated rings. The fraction of sp³-hybridized carbons (Fsp3) is 0.636. The number of halogens is 1. The summed E-state index contributed by atoms with van der Waals surface area (Å²) >= 11 is 7.90. The van der Waals surface area contributed by atoms with Crippen LogP contribution >= 0.6 is 23.4 Å². The highest BCUT2D eigenvalue weighted by atomic mass is 35.5. The Bertz CT molecular complexity index is 344. The zero-order chi connectivity index (χ0) is 12.1. The van der Waals surface area contributed by atoms with E-state index in [4.69, 9.17) is 11.6 Å². The molecule has 0 saturated heterocycles. The molecule has 3 nitrogen and oxygen atoms in total. The van der Waals surface area contributed by atoms with Gasteiger partial charge < -0.3 is 5.32 Å². The Labute approximate surface area is 106 Å². The number of rotatable bonds is 5. The van der Waals surface area contributed by atoms with Crippen molar-refractivity contribution in [2.45, 2.75) is 32.7 Å². The smallest absolute Gasteiger partial charge is 0.138 e. The van der Waals surface area contributed by atoms with Crippen molar-refractivity contribution in [3.63, 3.8) is 0 Å². The number of aromatic nitrogens is 2. The van der Waals surface area contributed by atoms with Crippen LogP contribution in [0.25, 0.3) is 0 Å². The van der Waals surface area contributed by atoms with Crippen molar-refractivity contribution in [3.05, 3.63) is 17.0 Å². The number of thioether (sulfide) groups is 1. The Morgan fingerprint density at radius 3 is 2.62 bits per heavy atom. The molecule has 16 heavy (non-hydrogen) atoms. The Morgan fingerprint density at radius 1 is 1.38 bits per heavy atom. The van der Waals surface area contributed by atoms with Gasteiger partial charge in [-0.25, -0.2) is 9.97 Å². The summed E-state index contributed by atoms with van der Waals surface area (Å²) in [7, 11) is 0. The van der Waals surface area contributed by atoms with Crippen LogP contribution in [0, 0.1) is 0 Å². The predicted molar refractivity (Wildman–Crippen MR) is 72.6 cm³/mol. The summed E-state index contributed by atoms with van der Waals surface area (Å²) in [5, 5.41) is 3.92. The molecule has 1 heterocycles. The molecule has 1 atom stereocenters. The first-order chi connectivity index (χ1) is 7.56. The molecule has 0 radical (unpaired) electrons. The SMILES string of the molecule is CSCC(C)Nc1ncnc(Cl)c1C(C)C. The lowest BCUT2D eigenvalue weighted by molar-refractivity contribution is 0.827. The van der Waals surface area contributed by atoms with Crippen molar-refractivity contribution in [3.8, 4) is 0 Å². The molecule has 5 heteroatoms. The van der Waals surface area contributed by atoms with Crippen molar-refractivity contribution < 1.29 is 0 Å². The molecule has 0 aliphatic carbocycles. The fourth-order valence-electron chi connectivity index (χ4n) is 1.53. The summed E-state index contributed by atoms with van der Waals surface area (Å²) in [6.07, 6.45) is 3.59. The highest BCUT2D eigenvalue weighted by molar-refractivity contribution is 7.98. The van der Waals surface area contributed by atoms with Gasteiger partial charge in [-0.05, 0) is 19.1 Å². The molecular weight excluding hydrogens is 242 g/mol. The predicted octanol–water partition coefficient (Wildman–Crippen LogP) is 3.42. The number of nitrogens with one attached hydrogen (secondary N) is 1. The second-order valence-electron chi connectivity index (χ2n) is 4.08. The van der Waals surface area contributed by atoms with E-state index in [0.717, 1.165) is 17.1 Å². The van der Waals surface area contributed by atoms with Gasteiger partial charge in [0.15, 0.2) is 0 Å².